The van der Waals surface area contributed by atoms with Crippen LogP contribution >= 0.6 is 0 Å². The molecule has 0 aliphatic rings. The van der Waals surface area contributed by atoms with Crippen LogP contribution < -0.4 is 5.43 Å². The number of hydrogen-bond acceptors (Lipinski definition) is 4. The lowest BCUT2D eigenvalue weighted by atomic mass is 10.1. The highest BCUT2D eigenvalue weighted by Gasteiger charge is 2.08. The minimum absolute atomic E-state index is 0.120. The van der Waals surface area contributed by atoms with Gasteiger partial charge in [0.1, 0.15) is 0 Å². The van der Waals surface area contributed by atoms with Crippen molar-refractivity contribution in [3.63, 3.8) is 0 Å². The van der Waals surface area contributed by atoms with Crippen LogP contribution in [0.25, 0.3) is 0 Å². The van der Waals surface area contributed by atoms with Crippen LogP contribution in [0.1, 0.15) is 28.9 Å². The van der Waals surface area contributed by atoms with Gasteiger partial charge >= 0.3 is 0 Å². The van der Waals surface area contributed by atoms with Gasteiger partial charge in [0, 0.05) is 30.1 Å². The standard InChI is InChI=1S/C14H17N5O/c1-10-13(11(2)18-17-10)5-6-14(20)19-16-9-12-4-3-7-15-8-12/h3-4,7-9H,5-6H2,1-2H3,(H,17,18)(H,19,20)/b16-9-. The van der Waals surface area contributed by atoms with Crippen molar-refractivity contribution < 1.29 is 4.79 Å². The molecule has 0 aliphatic heterocycles. The number of nitrogens with zero attached hydrogens (tertiary/aromatic N) is 3. The number of aryl methyl sites for hydroxylation is 2. The first kappa shape index (κ1) is 13.9. The summed E-state index contributed by atoms with van der Waals surface area (Å²) in [5.41, 5.74) is 6.39. The molecule has 0 radical (unpaired) electrons. The predicted molar refractivity (Wildman–Crippen MR) is 76.4 cm³/mol. The van der Waals surface area contributed by atoms with Crippen LogP contribution in [0.4, 0.5) is 0 Å². The highest BCUT2D eigenvalue weighted by molar-refractivity contribution is 5.82. The summed E-state index contributed by atoms with van der Waals surface area (Å²) in [5.74, 6) is -0.120. The number of hydrazone groups is 1. The maximum Gasteiger partial charge on any atom is 0.240 e. The first-order valence-electron chi connectivity index (χ1n) is 6.39. The van der Waals surface area contributed by atoms with Crippen molar-refractivity contribution in [3.05, 3.63) is 47.0 Å². The number of nitrogens with one attached hydrogen (secondary N) is 2. The van der Waals surface area contributed by atoms with E-state index >= 15 is 0 Å². The molecule has 2 aromatic heterocycles. The van der Waals surface area contributed by atoms with E-state index < -0.39 is 0 Å². The second-order valence-corrected chi connectivity index (χ2v) is 4.49. The minimum Gasteiger partial charge on any atom is -0.282 e. The third-order valence-electron chi connectivity index (χ3n) is 2.97. The van der Waals surface area contributed by atoms with Crippen molar-refractivity contribution in [2.75, 3.05) is 0 Å². The van der Waals surface area contributed by atoms with E-state index in [1.165, 1.54) is 0 Å². The Kier molecular flexibility index (Phi) is 4.60. The van der Waals surface area contributed by atoms with Crippen LogP contribution in [-0.4, -0.2) is 27.3 Å². The molecule has 2 aromatic rings. The molecule has 0 saturated carbocycles. The Morgan fingerprint density at radius 1 is 1.50 bits per heavy atom. The topological polar surface area (TPSA) is 83.0 Å². The quantitative estimate of drug-likeness (QED) is 0.638. The SMILES string of the molecule is Cc1n[nH]c(C)c1CCC(=O)N/N=C\c1cccnc1. The van der Waals surface area contributed by atoms with E-state index in [1.54, 1.807) is 18.6 Å². The molecule has 0 spiro atoms. The maximum absolute atomic E-state index is 11.7. The van der Waals surface area contributed by atoms with E-state index in [1.807, 2.05) is 26.0 Å². The average Bonchev–Trinajstić information content (AvgIpc) is 2.77. The minimum atomic E-state index is -0.120. The van der Waals surface area contributed by atoms with E-state index in [-0.39, 0.29) is 5.91 Å². The zero-order valence-corrected chi connectivity index (χ0v) is 11.6. The van der Waals surface area contributed by atoms with Gasteiger partial charge in [-0.25, -0.2) is 5.43 Å². The Hall–Kier alpha value is -2.50. The van der Waals surface area contributed by atoms with Gasteiger partial charge < -0.3 is 0 Å². The lowest BCUT2D eigenvalue weighted by Gasteiger charge is -2.01. The van der Waals surface area contributed by atoms with Crippen molar-refractivity contribution in [1.82, 2.24) is 20.6 Å². The predicted octanol–water partition coefficient (Wildman–Crippen LogP) is 1.50. The Balaban J connectivity index is 1.80. The number of pyridine rings is 1. The summed E-state index contributed by atoms with van der Waals surface area (Å²) in [5, 5.41) is 10.9. The highest BCUT2D eigenvalue weighted by atomic mass is 16.2. The zero-order valence-electron chi connectivity index (χ0n) is 11.6. The Morgan fingerprint density at radius 2 is 2.35 bits per heavy atom. The molecule has 2 heterocycles. The Labute approximate surface area is 117 Å². The van der Waals surface area contributed by atoms with Crippen molar-refractivity contribution in [2.45, 2.75) is 26.7 Å². The van der Waals surface area contributed by atoms with Crippen LogP contribution in [0.2, 0.25) is 0 Å². The summed E-state index contributed by atoms with van der Waals surface area (Å²) in [6.45, 7) is 3.88. The molecule has 20 heavy (non-hydrogen) atoms. The first-order chi connectivity index (χ1) is 9.66. The van der Waals surface area contributed by atoms with Crippen LogP contribution in [0, 0.1) is 13.8 Å². The third kappa shape index (κ3) is 3.74. The molecular formula is C14H17N5O. The van der Waals surface area contributed by atoms with Crippen molar-refractivity contribution in [3.8, 4) is 0 Å². The third-order valence-corrected chi connectivity index (χ3v) is 2.97. The van der Waals surface area contributed by atoms with E-state index in [4.69, 9.17) is 0 Å². The molecule has 0 bridgehead atoms. The number of hydrogen-bond donors (Lipinski definition) is 2. The van der Waals surface area contributed by atoms with Gasteiger partial charge in [-0.2, -0.15) is 10.2 Å². The number of amides is 1. The largest absolute Gasteiger partial charge is 0.282 e. The molecule has 0 unspecified atom stereocenters. The van der Waals surface area contributed by atoms with E-state index in [2.05, 4.69) is 25.7 Å². The highest BCUT2D eigenvalue weighted by Crippen LogP contribution is 2.11. The molecule has 0 saturated heterocycles. The fraction of sp³-hybridized carbons (Fsp3) is 0.286. The number of rotatable bonds is 5. The van der Waals surface area contributed by atoms with Crippen molar-refractivity contribution >= 4 is 12.1 Å². The molecule has 2 N–H and O–H groups in total. The van der Waals surface area contributed by atoms with E-state index in [9.17, 15) is 4.79 Å². The number of carbonyl (C=O) groups is 1. The summed E-state index contributed by atoms with van der Waals surface area (Å²) >= 11 is 0. The summed E-state index contributed by atoms with van der Waals surface area (Å²) in [4.78, 5) is 15.6. The van der Waals surface area contributed by atoms with Gasteiger partial charge in [-0.15, -0.1) is 0 Å². The van der Waals surface area contributed by atoms with Crippen LogP contribution in [0.15, 0.2) is 29.6 Å². The number of aromatic amines is 1. The molecule has 2 rings (SSSR count). The molecule has 6 heteroatoms. The summed E-state index contributed by atoms with van der Waals surface area (Å²) in [6.07, 6.45) is 5.96. The summed E-state index contributed by atoms with van der Waals surface area (Å²) in [7, 11) is 0. The van der Waals surface area contributed by atoms with Crippen LogP contribution in [0.5, 0.6) is 0 Å². The maximum atomic E-state index is 11.7. The Morgan fingerprint density at radius 3 is 3.00 bits per heavy atom. The number of carbonyl (C=O) groups excluding carboxylic acids is 1. The molecule has 0 aliphatic carbocycles. The smallest absolute Gasteiger partial charge is 0.240 e. The molecular weight excluding hydrogens is 254 g/mol. The fourth-order valence-electron chi connectivity index (χ4n) is 1.87. The monoisotopic (exact) mass is 271 g/mol. The number of H-pyrrole nitrogens is 1. The summed E-state index contributed by atoms with van der Waals surface area (Å²) < 4.78 is 0. The second kappa shape index (κ2) is 6.60. The normalized spacial score (nSPS) is 10.9. The molecule has 1 amide bonds. The molecule has 104 valence electrons. The molecule has 0 fully saturated rings. The van der Waals surface area contributed by atoms with Gasteiger partial charge in [-0.05, 0) is 31.9 Å². The average molecular weight is 271 g/mol. The van der Waals surface area contributed by atoms with Gasteiger partial charge in [-0.3, -0.25) is 14.9 Å². The van der Waals surface area contributed by atoms with E-state index in [0.717, 1.165) is 22.5 Å². The van der Waals surface area contributed by atoms with Gasteiger partial charge in [-0.1, -0.05) is 6.07 Å². The fourth-order valence-corrected chi connectivity index (χ4v) is 1.87. The van der Waals surface area contributed by atoms with Crippen LogP contribution in [0.3, 0.4) is 0 Å². The second-order valence-electron chi connectivity index (χ2n) is 4.49. The van der Waals surface area contributed by atoms with E-state index in [0.29, 0.717) is 12.8 Å². The first-order valence-corrected chi connectivity index (χ1v) is 6.39. The molecule has 6 nitrogen and oxygen atoms in total. The van der Waals surface area contributed by atoms with Gasteiger partial charge in [0.25, 0.3) is 0 Å². The van der Waals surface area contributed by atoms with Crippen LogP contribution in [-0.2, 0) is 11.2 Å². The van der Waals surface area contributed by atoms with Crippen molar-refractivity contribution in [2.24, 2.45) is 5.10 Å². The van der Waals surface area contributed by atoms with Gasteiger partial charge in [0.05, 0.1) is 11.9 Å². The van der Waals surface area contributed by atoms with Gasteiger partial charge in [0.2, 0.25) is 5.91 Å². The van der Waals surface area contributed by atoms with Crippen molar-refractivity contribution in [1.29, 1.82) is 0 Å². The number of aromatic nitrogens is 3. The molecule has 0 atom stereocenters. The van der Waals surface area contributed by atoms with Gasteiger partial charge in [0.15, 0.2) is 0 Å². The molecule has 0 aromatic carbocycles. The lowest BCUT2D eigenvalue weighted by molar-refractivity contribution is -0.121. The zero-order chi connectivity index (χ0) is 14.4. The summed E-state index contributed by atoms with van der Waals surface area (Å²) in [6, 6.07) is 3.68. The Bertz CT molecular complexity index is 584. The lowest BCUT2D eigenvalue weighted by Crippen LogP contribution is -2.18.